The van der Waals surface area contributed by atoms with Gasteiger partial charge in [0.2, 0.25) is 0 Å². The summed E-state index contributed by atoms with van der Waals surface area (Å²) in [5, 5.41) is 0. The number of hydrogen-bond donors (Lipinski definition) is 1. The summed E-state index contributed by atoms with van der Waals surface area (Å²) in [7, 11) is 8.39. The van der Waals surface area contributed by atoms with Crippen LogP contribution in [0.25, 0.3) is 33.5 Å². The Morgan fingerprint density at radius 2 is 0.980 bits per heavy atom. The first-order chi connectivity index (χ1) is 25.0. The Morgan fingerprint density at radius 3 is 1.57 bits per heavy atom. The van der Waals surface area contributed by atoms with Gasteiger partial charge < -0.3 is 28.7 Å². The van der Waals surface area contributed by atoms with Gasteiger partial charge in [0, 0.05) is 33.5 Å². The zero-order valence-electron chi connectivity index (χ0n) is 29.2. The van der Waals surface area contributed by atoms with Crippen molar-refractivity contribution in [1.82, 2.24) is 4.98 Å². The highest BCUT2D eigenvalue weighted by molar-refractivity contribution is 6.20. The number of allylic oxidation sites excluding steroid dienone is 2. The van der Waals surface area contributed by atoms with Crippen molar-refractivity contribution < 1.29 is 23.7 Å². The van der Waals surface area contributed by atoms with Gasteiger partial charge in [-0.15, -0.1) is 0 Å². The van der Waals surface area contributed by atoms with Crippen molar-refractivity contribution >= 4 is 16.9 Å². The van der Waals surface area contributed by atoms with E-state index < -0.39 is 0 Å². The van der Waals surface area contributed by atoms with Gasteiger partial charge in [-0.05, 0) is 89.5 Å². The molecule has 1 aliphatic rings. The zero-order valence-corrected chi connectivity index (χ0v) is 29.2. The second kappa shape index (κ2) is 14.6. The maximum atomic E-state index is 5.68. The molecular weight excluding hydrogens is 636 g/mol. The monoisotopic (exact) mass is 674 g/mol. The van der Waals surface area contributed by atoms with Crippen LogP contribution in [0.15, 0.2) is 144 Å². The topological polar surface area (TPSA) is 74.3 Å². The van der Waals surface area contributed by atoms with Crippen molar-refractivity contribution in [2.45, 2.75) is 0 Å². The number of H-pyrrole nitrogens is 1. The van der Waals surface area contributed by atoms with Crippen LogP contribution in [0.1, 0.15) is 22.4 Å². The Morgan fingerprint density at radius 1 is 0.490 bits per heavy atom. The van der Waals surface area contributed by atoms with Crippen molar-refractivity contribution in [2.24, 2.45) is 4.99 Å². The van der Waals surface area contributed by atoms with E-state index in [-0.39, 0.29) is 0 Å². The average molecular weight is 675 g/mol. The number of hydrogen-bond acceptors (Lipinski definition) is 6. The van der Waals surface area contributed by atoms with Crippen LogP contribution in [-0.4, -0.2) is 46.2 Å². The Hall–Kier alpha value is -6.47. The summed E-state index contributed by atoms with van der Waals surface area (Å²) < 4.78 is 28.1. The largest absolute Gasteiger partial charge is 0.497 e. The van der Waals surface area contributed by atoms with Crippen LogP contribution in [0.4, 0.5) is 0 Å². The van der Waals surface area contributed by atoms with E-state index in [0.29, 0.717) is 0 Å². The standard InChI is InChI=1S/C44H38N2O5/c1-47-33-20-18-28(19-21-33)42(43-38(29-10-6-14-34(22-29)48-2)26-40(45-43)31-12-8-16-36(24-31)50-4)44-39(30-11-7-15-35(23-30)49-3)27-41(46-44)32-13-9-17-37(25-32)51-5/h6-27,45H,1-5H3/b44-42-. The molecule has 7 heteroatoms. The van der Waals surface area contributed by atoms with E-state index in [1.165, 1.54) is 0 Å². The van der Waals surface area contributed by atoms with Crippen LogP contribution >= 0.6 is 0 Å². The number of ether oxygens (including phenoxy) is 5. The lowest BCUT2D eigenvalue weighted by Gasteiger charge is -2.16. The normalized spacial score (nSPS) is 13.3. The van der Waals surface area contributed by atoms with Gasteiger partial charge in [0.1, 0.15) is 28.7 Å². The fourth-order valence-corrected chi connectivity index (χ4v) is 6.32. The van der Waals surface area contributed by atoms with Crippen LogP contribution in [0, 0.1) is 0 Å². The van der Waals surface area contributed by atoms with Gasteiger partial charge >= 0.3 is 0 Å². The summed E-state index contributed by atoms with van der Waals surface area (Å²) in [6.07, 6.45) is 2.14. The number of rotatable bonds is 11. The van der Waals surface area contributed by atoms with E-state index >= 15 is 0 Å². The zero-order chi connectivity index (χ0) is 35.3. The Labute approximate surface area is 298 Å². The van der Waals surface area contributed by atoms with E-state index in [1.54, 1.807) is 35.5 Å². The molecule has 0 aliphatic carbocycles. The lowest BCUT2D eigenvalue weighted by atomic mass is 9.91. The first-order valence-electron chi connectivity index (χ1n) is 16.5. The minimum atomic E-state index is 0.755. The van der Waals surface area contributed by atoms with E-state index in [1.807, 2.05) is 84.9 Å². The molecule has 1 aromatic heterocycles. The number of nitrogens with zero attached hydrogens (tertiary/aromatic N) is 1. The van der Waals surface area contributed by atoms with Crippen LogP contribution in [0.2, 0.25) is 0 Å². The van der Waals surface area contributed by atoms with Gasteiger partial charge in [-0.1, -0.05) is 60.7 Å². The van der Waals surface area contributed by atoms with Gasteiger partial charge in [-0.25, -0.2) is 4.99 Å². The maximum Gasteiger partial charge on any atom is 0.119 e. The molecular formula is C44H38N2O5. The fourth-order valence-electron chi connectivity index (χ4n) is 6.32. The summed E-state index contributed by atoms with van der Waals surface area (Å²) in [5.74, 6) is 3.80. The minimum absolute atomic E-state index is 0.755. The molecule has 7 nitrogen and oxygen atoms in total. The molecule has 0 saturated carbocycles. The van der Waals surface area contributed by atoms with Crippen molar-refractivity contribution in [1.29, 1.82) is 0 Å². The molecule has 2 heterocycles. The molecule has 0 atom stereocenters. The third-order valence-corrected chi connectivity index (χ3v) is 8.96. The average Bonchev–Trinajstić information content (AvgIpc) is 3.84. The Kier molecular flexibility index (Phi) is 9.44. The van der Waals surface area contributed by atoms with E-state index in [2.05, 4.69) is 53.5 Å². The molecule has 0 amide bonds. The molecule has 1 N–H and O–H groups in total. The summed E-state index contributed by atoms with van der Waals surface area (Å²) in [6.45, 7) is 0. The molecule has 0 unspecified atom stereocenters. The molecule has 5 aromatic carbocycles. The van der Waals surface area contributed by atoms with Crippen molar-refractivity contribution in [2.75, 3.05) is 35.5 Å². The van der Waals surface area contributed by atoms with E-state index in [4.69, 9.17) is 28.7 Å². The number of aromatic amines is 1. The third-order valence-electron chi connectivity index (χ3n) is 8.96. The first kappa shape index (κ1) is 33.0. The van der Waals surface area contributed by atoms with Crippen molar-refractivity contribution in [3.8, 4) is 51.1 Å². The maximum absolute atomic E-state index is 5.68. The van der Waals surface area contributed by atoms with Crippen LogP contribution in [0.3, 0.4) is 0 Å². The number of methoxy groups -OCH3 is 5. The van der Waals surface area contributed by atoms with Crippen LogP contribution in [-0.2, 0) is 0 Å². The fraction of sp³-hybridized carbons (Fsp3) is 0.114. The number of benzene rings is 5. The second-order valence-corrected chi connectivity index (χ2v) is 11.9. The van der Waals surface area contributed by atoms with Gasteiger partial charge in [-0.3, -0.25) is 0 Å². The third kappa shape index (κ3) is 6.74. The molecule has 254 valence electrons. The summed E-state index contributed by atoms with van der Waals surface area (Å²) in [4.78, 5) is 9.26. The van der Waals surface area contributed by atoms with Crippen molar-refractivity contribution in [3.63, 3.8) is 0 Å². The van der Waals surface area contributed by atoms with Gasteiger partial charge in [0.25, 0.3) is 0 Å². The highest BCUT2D eigenvalue weighted by atomic mass is 16.5. The smallest absolute Gasteiger partial charge is 0.119 e. The predicted octanol–water partition coefficient (Wildman–Crippen LogP) is 9.74. The second-order valence-electron chi connectivity index (χ2n) is 11.9. The van der Waals surface area contributed by atoms with Gasteiger partial charge in [0.05, 0.1) is 52.7 Å². The first-order valence-corrected chi connectivity index (χ1v) is 16.5. The van der Waals surface area contributed by atoms with Crippen LogP contribution < -0.4 is 23.7 Å². The molecule has 0 saturated heterocycles. The quantitative estimate of drug-likeness (QED) is 0.148. The molecule has 51 heavy (non-hydrogen) atoms. The number of nitrogens with one attached hydrogen (secondary N) is 1. The molecule has 0 spiro atoms. The Balaban J connectivity index is 1.57. The molecule has 6 aromatic rings. The molecule has 0 bridgehead atoms. The highest BCUT2D eigenvalue weighted by Gasteiger charge is 2.27. The number of aliphatic imine (C=N–C) groups is 1. The Bertz CT molecular complexity index is 2300. The number of aromatic nitrogens is 1. The summed E-state index contributed by atoms with van der Waals surface area (Å²) in [6, 6.07) is 42.5. The predicted molar refractivity (Wildman–Crippen MR) is 204 cm³/mol. The minimum Gasteiger partial charge on any atom is -0.497 e. The van der Waals surface area contributed by atoms with Gasteiger partial charge in [0.15, 0.2) is 0 Å². The molecule has 0 radical (unpaired) electrons. The highest BCUT2D eigenvalue weighted by Crippen LogP contribution is 2.44. The van der Waals surface area contributed by atoms with E-state index in [9.17, 15) is 0 Å². The van der Waals surface area contributed by atoms with Crippen LogP contribution in [0.5, 0.6) is 28.7 Å². The summed E-state index contributed by atoms with van der Waals surface area (Å²) >= 11 is 0. The van der Waals surface area contributed by atoms with E-state index in [0.717, 1.165) is 96.1 Å². The summed E-state index contributed by atoms with van der Waals surface area (Å²) in [5.41, 5.74) is 11.1. The molecule has 0 fully saturated rings. The lowest BCUT2D eigenvalue weighted by molar-refractivity contribution is 0.414. The lowest BCUT2D eigenvalue weighted by Crippen LogP contribution is -1.98. The molecule has 7 rings (SSSR count). The van der Waals surface area contributed by atoms with Gasteiger partial charge in [-0.2, -0.15) is 0 Å². The SMILES string of the molecule is COc1ccc(/C(=C2/N=C(c3cccc(OC)c3)C=C2c2cccc(OC)c2)c2[nH]c(-c3cccc(OC)c3)cc2-c2cccc(OC)c2)cc1. The molecule has 1 aliphatic heterocycles. The van der Waals surface area contributed by atoms with Crippen molar-refractivity contribution in [3.05, 3.63) is 162 Å².